The van der Waals surface area contributed by atoms with Crippen molar-refractivity contribution in [2.75, 3.05) is 39.5 Å². The normalized spacial score (nSPS) is 20.8. The quantitative estimate of drug-likeness (QED) is 0.850. The summed E-state index contributed by atoms with van der Waals surface area (Å²) >= 11 is 5.93. The first-order valence-corrected chi connectivity index (χ1v) is 6.83. The van der Waals surface area contributed by atoms with Crippen molar-refractivity contribution in [1.29, 1.82) is 0 Å². The van der Waals surface area contributed by atoms with Crippen molar-refractivity contribution in [3.63, 3.8) is 0 Å². The van der Waals surface area contributed by atoms with E-state index >= 15 is 0 Å². The summed E-state index contributed by atoms with van der Waals surface area (Å²) in [7, 11) is 4.36. The second kappa shape index (κ2) is 5.91. The van der Waals surface area contributed by atoms with E-state index in [4.69, 9.17) is 17.3 Å². The molecule has 1 aliphatic rings. The molecule has 1 aliphatic heterocycles. The molecule has 0 spiro atoms. The highest BCUT2D eigenvalue weighted by atomic mass is 35.5. The Balaban J connectivity index is 1.86. The number of nitrogens with zero attached hydrogens (tertiary/aromatic N) is 2. The average Bonchev–Trinajstić information content (AvgIpc) is 2.69. The smallest absolute Gasteiger partial charge is 0.0635 e. The molecule has 1 heterocycles. The molecule has 0 aromatic heterocycles. The predicted octanol–water partition coefficient (Wildman–Crippen LogP) is 2.31. The highest BCUT2D eigenvalue weighted by Crippen LogP contribution is 2.21. The summed E-state index contributed by atoms with van der Waals surface area (Å²) in [5, 5.41) is 0.638. The molecule has 0 saturated carbocycles. The molecule has 0 aliphatic carbocycles. The van der Waals surface area contributed by atoms with Gasteiger partial charge in [0.2, 0.25) is 0 Å². The van der Waals surface area contributed by atoms with E-state index in [2.05, 4.69) is 30.0 Å². The van der Waals surface area contributed by atoms with E-state index in [-0.39, 0.29) is 0 Å². The number of anilines is 1. The van der Waals surface area contributed by atoms with Crippen molar-refractivity contribution >= 4 is 17.3 Å². The van der Waals surface area contributed by atoms with Crippen LogP contribution in [0.5, 0.6) is 0 Å². The maximum Gasteiger partial charge on any atom is 0.0635 e. The lowest BCUT2D eigenvalue weighted by Crippen LogP contribution is -2.27. The van der Waals surface area contributed by atoms with Crippen molar-refractivity contribution in [3.05, 3.63) is 28.8 Å². The molecule has 1 aromatic carbocycles. The van der Waals surface area contributed by atoms with Gasteiger partial charge in [-0.3, -0.25) is 0 Å². The number of benzene rings is 1. The van der Waals surface area contributed by atoms with E-state index in [0.29, 0.717) is 10.7 Å². The van der Waals surface area contributed by atoms with E-state index < -0.39 is 0 Å². The van der Waals surface area contributed by atoms with Gasteiger partial charge in [0, 0.05) is 19.6 Å². The molecule has 1 fully saturated rings. The van der Waals surface area contributed by atoms with Gasteiger partial charge in [0.25, 0.3) is 0 Å². The Morgan fingerprint density at radius 1 is 1.50 bits per heavy atom. The van der Waals surface area contributed by atoms with Crippen LogP contribution in [0.2, 0.25) is 5.02 Å². The van der Waals surface area contributed by atoms with Crippen LogP contribution in [0, 0.1) is 5.92 Å². The number of likely N-dealkylation sites (tertiary alicyclic amines) is 1. The fourth-order valence-corrected chi connectivity index (χ4v) is 2.80. The Morgan fingerprint density at radius 3 is 2.89 bits per heavy atom. The summed E-state index contributed by atoms with van der Waals surface area (Å²) in [5.74, 6) is 0.796. The number of hydrogen-bond acceptors (Lipinski definition) is 3. The van der Waals surface area contributed by atoms with Crippen molar-refractivity contribution < 1.29 is 0 Å². The summed E-state index contributed by atoms with van der Waals surface area (Å²) in [5.41, 5.74) is 7.72. The standard InChI is InChI=1S/C14H22ClN3/c1-17-6-5-12(9-17)10-18(2)8-11-3-4-13(15)14(16)7-11/h3-4,7,12H,5-6,8-10,16H2,1-2H3. The Hall–Kier alpha value is -0.770. The van der Waals surface area contributed by atoms with Gasteiger partial charge in [0.1, 0.15) is 0 Å². The number of hydrogen-bond donors (Lipinski definition) is 1. The largest absolute Gasteiger partial charge is 0.398 e. The summed E-state index contributed by atoms with van der Waals surface area (Å²) in [6.45, 7) is 4.52. The third-order valence-electron chi connectivity index (χ3n) is 3.57. The highest BCUT2D eigenvalue weighted by molar-refractivity contribution is 6.33. The van der Waals surface area contributed by atoms with Gasteiger partial charge in [0.15, 0.2) is 0 Å². The summed E-state index contributed by atoms with van der Waals surface area (Å²) < 4.78 is 0. The Morgan fingerprint density at radius 2 is 2.28 bits per heavy atom. The third kappa shape index (κ3) is 3.61. The molecule has 2 N–H and O–H groups in total. The minimum Gasteiger partial charge on any atom is -0.398 e. The Labute approximate surface area is 115 Å². The van der Waals surface area contributed by atoms with E-state index in [0.717, 1.165) is 19.0 Å². The lowest BCUT2D eigenvalue weighted by atomic mass is 10.1. The Kier molecular flexibility index (Phi) is 4.49. The molecule has 2 rings (SSSR count). The van der Waals surface area contributed by atoms with Gasteiger partial charge in [-0.15, -0.1) is 0 Å². The zero-order valence-electron chi connectivity index (χ0n) is 11.2. The molecular formula is C14H22ClN3. The average molecular weight is 268 g/mol. The van der Waals surface area contributed by atoms with Crippen LogP contribution in [0.15, 0.2) is 18.2 Å². The van der Waals surface area contributed by atoms with Gasteiger partial charge >= 0.3 is 0 Å². The minimum absolute atomic E-state index is 0.638. The second-order valence-corrected chi connectivity index (χ2v) is 5.88. The Bertz CT molecular complexity index is 408. The molecule has 1 unspecified atom stereocenters. The fourth-order valence-electron chi connectivity index (χ4n) is 2.68. The molecule has 100 valence electrons. The third-order valence-corrected chi connectivity index (χ3v) is 3.92. The summed E-state index contributed by atoms with van der Waals surface area (Å²) in [6, 6.07) is 5.90. The second-order valence-electron chi connectivity index (χ2n) is 5.47. The maximum absolute atomic E-state index is 5.93. The van der Waals surface area contributed by atoms with Gasteiger partial charge in [0.05, 0.1) is 10.7 Å². The molecule has 1 aromatic rings. The molecule has 4 heteroatoms. The number of nitrogens with two attached hydrogens (primary N) is 1. The van der Waals surface area contributed by atoms with Gasteiger partial charge < -0.3 is 15.5 Å². The maximum atomic E-state index is 5.93. The van der Waals surface area contributed by atoms with Crippen LogP contribution in [0.3, 0.4) is 0 Å². The first-order valence-electron chi connectivity index (χ1n) is 6.45. The van der Waals surface area contributed by atoms with Crippen LogP contribution in [0.25, 0.3) is 0 Å². The molecule has 0 amide bonds. The molecule has 0 bridgehead atoms. The molecule has 18 heavy (non-hydrogen) atoms. The van der Waals surface area contributed by atoms with Crippen molar-refractivity contribution in [2.45, 2.75) is 13.0 Å². The minimum atomic E-state index is 0.638. The van der Waals surface area contributed by atoms with Crippen LogP contribution in [-0.2, 0) is 6.54 Å². The van der Waals surface area contributed by atoms with Crippen LogP contribution >= 0.6 is 11.6 Å². The van der Waals surface area contributed by atoms with Crippen molar-refractivity contribution in [1.82, 2.24) is 9.80 Å². The van der Waals surface area contributed by atoms with E-state index in [9.17, 15) is 0 Å². The summed E-state index contributed by atoms with van der Waals surface area (Å²) in [4.78, 5) is 4.77. The lowest BCUT2D eigenvalue weighted by Gasteiger charge is -2.21. The van der Waals surface area contributed by atoms with Gasteiger partial charge in [-0.25, -0.2) is 0 Å². The zero-order chi connectivity index (χ0) is 13.1. The van der Waals surface area contributed by atoms with Crippen LogP contribution in [0.4, 0.5) is 5.69 Å². The molecule has 3 nitrogen and oxygen atoms in total. The molecule has 1 saturated heterocycles. The van der Waals surface area contributed by atoms with Gasteiger partial charge in [-0.05, 0) is 50.7 Å². The summed E-state index contributed by atoms with van der Waals surface area (Å²) in [6.07, 6.45) is 1.31. The van der Waals surface area contributed by atoms with E-state index in [1.807, 2.05) is 12.1 Å². The van der Waals surface area contributed by atoms with Crippen LogP contribution in [0.1, 0.15) is 12.0 Å². The first-order chi connectivity index (χ1) is 8.54. The predicted molar refractivity (Wildman–Crippen MR) is 77.8 cm³/mol. The first kappa shape index (κ1) is 13.7. The van der Waals surface area contributed by atoms with Crippen molar-refractivity contribution in [2.24, 2.45) is 5.92 Å². The number of rotatable bonds is 4. The topological polar surface area (TPSA) is 32.5 Å². The molecular weight excluding hydrogens is 246 g/mol. The lowest BCUT2D eigenvalue weighted by molar-refractivity contribution is 0.267. The van der Waals surface area contributed by atoms with Crippen LogP contribution in [-0.4, -0.2) is 43.5 Å². The van der Waals surface area contributed by atoms with E-state index in [1.54, 1.807) is 0 Å². The SMILES string of the molecule is CN1CCC(CN(C)Cc2ccc(Cl)c(N)c2)C1. The monoisotopic (exact) mass is 267 g/mol. The van der Waals surface area contributed by atoms with Crippen molar-refractivity contribution in [3.8, 4) is 0 Å². The number of halogens is 1. The van der Waals surface area contributed by atoms with E-state index in [1.165, 1.54) is 25.1 Å². The van der Waals surface area contributed by atoms with Crippen LogP contribution < -0.4 is 5.73 Å². The van der Waals surface area contributed by atoms with Gasteiger partial charge in [-0.2, -0.15) is 0 Å². The fraction of sp³-hybridized carbons (Fsp3) is 0.571. The molecule has 0 radical (unpaired) electrons. The highest BCUT2D eigenvalue weighted by Gasteiger charge is 2.20. The molecule has 1 atom stereocenters. The van der Waals surface area contributed by atoms with Gasteiger partial charge in [-0.1, -0.05) is 17.7 Å². The number of nitrogen functional groups attached to an aromatic ring is 1. The zero-order valence-corrected chi connectivity index (χ0v) is 12.0.